The quantitative estimate of drug-likeness (QED) is 0.241. The first-order valence-electron chi connectivity index (χ1n) is 10.3. The van der Waals surface area contributed by atoms with E-state index in [-0.39, 0.29) is 30.3 Å². The Kier molecular flexibility index (Phi) is 15.7. The molecule has 0 N–H and O–H groups in total. The first kappa shape index (κ1) is 29.3. The topological polar surface area (TPSA) is 0 Å². The minimum Gasteiger partial charge on any atom is -1.00 e. The molecule has 4 aromatic carbocycles. The van der Waals surface area contributed by atoms with Crippen molar-refractivity contribution < 1.29 is 47.8 Å². The van der Waals surface area contributed by atoms with Gasteiger partial charge in [-0.1, -0.05) is 38.8 Å². The third-order valence-corrected chi connectivity index (χ3v) is 4.43. The van der Waals surface area contributed by atoms with Crippen molar-refractivity contribution in [2.24, 2.45) is 0 Å². The van der Waals surface area contributed by atoms with Crippen LogP contribution in [0.4, 0.5) is 0 Å². The van der Waals surface area contributed by atoms with E-state index in [9.17, 15) is 0 Å². The van der Waals surface area contributed by atoms with Gasteiger partial charge in [-0.2, -0.15) is 12.1 Å². The van der Waals surface area contributed by atoms with E-state index in [0.29, 0.717) is 0 Å². The van der Waals surface area contributed by atoms with Crippen LogP contribution in [-0.4, -0.2) is 5.49 Å². The smallest absolute Gasteiger partial charge is 1.00 e. The zero-order valence-electron chi connectivity index (χ0n) is 18.5. The van der Waals surface area contributed by atoms with Gasteiger partial charge in [-0.05, 0) is 12.8 Å². The maximum Gasteiger partial charge on any atom is -1.00 e. The predicted octanol–water partition coefficient (Wildman–Crippen LogP) is 1.81. The summed E-state index contributed by atoms with van der Waals surface area (Å²) in [5, 5.41) is 5.50. The first-order chi connectivity index (χ1) is 13.5. The molecule has 0 aliphatic carbocycles. The average molecular weight is 622 g/mol. The van der Waals surface area contributed by atoms with Gasteiger partial charge in [-0.15, -0.1) is 81.2 Å². The first-order valence-corrected chi connectivity index (χ1v) is 18.2. The zero-order valence-corrected chi connectivity index (χ0v) is 24.6. The van der Waals surface area contributed by atoms with Crippen LogP contribution in [0.3, 0.4) is 0 Å². The molecular weight excluding hydrogens is 590 g/mol. The van der Waals surface area contributed by atoms with Gasteiger partial charge in [0.15, 0.2) is 0 Å². The van der Waals surface area contributed by atoms with Crippen molar-refractivity contribution in [3.63, 3.8) is 0 Å². The SMILES string of the molecule is CCCc1cc2ccccc2[cH-]1.CCCc1cc2ccccc2[cH-]1.C[Si](C)=[Hf+2].[Cl-].[Cl-]. The fraction of sp³-hybridized carbons (Fsp3) is 0.308. The van der Waals surface area contributed by atoms with E-state index in [1.54, 1.807) is 0 Å². The maximum absolute atomic E-state index is 2.33. The van der Waals surface area contributed by atoms with Crippen LogP contribution in [0, 0.1) is 0 Å². The molecule has 0 fully saturated rings. The fourth-order valence-corrected chi connectivity index (χ4v) is 3.30. The van der Waals surface area contributed by atoms with Crippen LogP contribution in [0.5, 0.6) is 0 Å². The molecule has 4 rings (SSSR count). The maximum atomic E-state index is 2.33. The Labute approximate surface area is 210 Å². The third-order valence-electron chi connectivity index (χ3n) is 4.43. The number of rotatable bonds is 4. The number of hydrogen-bond donors (Lipinski definition) is 0. The van der Waals surface area contributed by atoms with Gasteiger partial charge in [0.25, 0.3) is 0 Å². The standard InChI is InChI=1S/2C12H13.C2H6Si.2ClH.Hf/c2*1-2-5-10-8-11-6-3-4-7-12(11)9-10;1-3-2;;;/h2*3-4,6-9H,2,5H2,1H3;1-2H3;2*1H;/q2*-1;;;;+2/p-2. The summed E-state index contributed by atoms with van der Waals surface area (Å²) >= 11 is 1.45. The molecule has 0 spiro atoms. The molecule has 0 heterocycles. The van der Waals surface area contributed by atoms with Crippen molar-refractivity contribution in [2.45, 2.75) is 52.6 Å². The van der Waals surface area contributed by atoms with Crippen LogP contribution in [0.15, 0.2) is 72.8 Å². The summed E-state index contributed by atoms with van der Waals surface area (Å²) in [6.45, 7) is 9.10. The molecule has 4 heteroatoms. The van der Waals surface area contributed by atoms with Crippen molar-refractivity contribution in [1.82, 2.24) is 0 Å². The van der Waals surface area contributed by atoms with Crippen molar-refractivity contribution >= 4 is 27.0 Å². The van der Waals surface area contributed by atoms with Gasteiger partial charge < -0.3 is 24.8 Å². The monoisotopic (exact) mass is 622 g/mol. The van der Waals surface area contributed by atoms with Crippen LogP contribution >= 0.6 is 0 Å². The summed E-state index contributed by atoms with van der Waals surface area (Å²) in [5.74, 6) is 0. The number of benzene rings is 2. The summed E-state index contributed by atoms with van der Waals surface area (Å²) in [6.07, 6.45) is 4.87. The minimum absolute atomic E-state index is 0. The molecular formula is C26H32Cl2HfSi-2. The number of halogens is 2. The van der Waals surface area contributed by atoms with E-state index in [2.05, 4.69) is 99.7 Å². The van der Waals surface area contributed by atoms with Gasteiger partial charge in [0, 0.05) is 0 Å². The van der Waals surface area contributed by atoms with Gasteiger partial charge in [0.1, 0.15) is 0 Å². The van der Waals surface area contributed by atoms with Crippen LogP contribution in [0.1, 0.15) is 37.8 Å². The van der Waals surface area contributed by atoms with E-state index in [1.165, 1.54) is 81.4 Å². The van der Waals surface area contributed by atoms with Crippen LogP contribution < -0.4 is 24.8 Å². The van der Waals surface area contributed by atoms with E-state index in [1.807, 2.05) is 0 Å². The molecule has 0 radical (unpaired) electrons. The van der Waals surface area contributed by atoms with E-state index in [0.717, 1.165) is 0 Å². The van der Waals surface area contributed by atoms with Crippen LogP contribution in [0.25, 0.3) is 21.5 Å². The summed E-state index contributed by atoms with van der Waals surface area (Å²) in [7, 11) is 0. The molecule has 4 aromatic rings. The Bertz CT molecular complexity index is 854. The second-order valence-electron chi connectivity index (χ2n) is 7.49. The minimum atomic E-state index is 0. The zero-order chi connectivity index (χ0) is 20.4. The molecule has 0 aliphatic heterocycles. The largest absolute Gasteiger partial charge is 1.00 e. The van der Waals surface area contributed by atoms with Crippen LogP contribution in [0.2, 0.25) is 13.1 Å². The number of aryl methyl sites for hydroxylation is 2. The second kappa shape index (κ2) is 16.0. The normalized spacial score (nSPS) is 9.53. The number of hydrogen-bond acceptors (Lipinski definition) is 0. The molecule has 0 nitrogen and oxygen atoms in total. The predicted molar refractivity (Wildman–Crippen MR) is 125 cm³/mol. The van der Waals surface area contributed by atoms with Crippen molar-refractivity contribution in [2.75, 3.05) is 0 Å². The van der Waals surface area contributed by atoms with Crippen molar-refractivity contribution in [3.05, 3.63) is 83.9 Å². The Morgan fingerprint density at radius 1 is 0.700 bits per heavy atom. The van der Waals surface area contributed by atoms with Gasteiger partial charge in [-0.3, -0.25) is 0 Å². The molecule has 0 unspecified atom stereocenters. The van der Waals surface area contributed by atoms with Crippen molar-refractivity contribution in [3.8, 4) is 0 Å². The van der Waals surface area contributed by atoms with Gasteiger partial charge in [-0.25, -0.2) is 0 Å². The molecule has 0 aliphatic rings. The fourth-order valence-electron chi connectivity index (χ4n) is 3.30. The van der Waals surface area contributed by atoms with Crippen LogP contribution in [-0.2, 0) is 35.8 Å². The molecule has 0 saturated carbocycles. The molecule has 0 bridgehead atoms. The summed E-state index contributed by atoms with van der Waals surface area (Å²) < 4.78 is 0. The number of fused-ring (bicyclic) bond motifs is 2. The Morgan fingerprint density at radius 3 is 1.33 bits per heavy atom. The average Bonchev–Trinajstić information content (AvgIpc) is 3.25. The Hall–Kier alpha value is -0.673. The molecule has 30 heavy (non-hydrogen) atoms. The Morgan fingerprint density at radius 2 is 1.03 bits per heavy atom. The van der Waals surface area contributed by atoms with Gasteiger partial charge in [0.2, 0.25) is 0 Å². The summed E-state index contributed by atoms with van der Waals surface area (Å²) in [4.78, 5) is 0. The summed E-state index contributed by atoms with van der Waals surface area (Å²) in [5.41, 5.74) is 3.20. The molecule has 160 valence electrons. The summed E-state index contributed by atoms with van der Waals surface area (Å²) in [6, 6.07) is 26.2. The van der Waals surface area contributed by atoms with Gasteiger partial charge in [0.05, 0.1) is 0 Å². The van der Waals surface area contributed by atoms with E-state index < -0.39 is 0 Å². The molecule has 0 amide bonds. The van der Waals surface area contributed by atoms with Crippen molar-refractivity contribution in [1.29, 1.82) is 0 Å². The molecule has 0 atom stereocenters. The third kappa shape index (κ3) is 10.1. The van der Waals surface area contributed by atoms with Gasteiger partial charge >= 0.3 is 41.6 Å². The van der Waals surface area contributed by atoms with E-state index >= 15 is 0 Å². The van der Waals surface area contributed by atoms with E-state index in [4.69, 9.17) is 0 Å². The Balaban J connectivity index is 0.000000452. The molecule has 0 saturated heterocycles. The second-order valence-corrected chi connectivity index (χ2v) is 20.3. The molecule has 0 aromatic heterocycles.